The van der Waals surface area contributed by atoms with Gasteiger partial charge in [0, 0.05) is 43.6 Å². The number of morpholine rings is 1. The molecule has 1 aromatic carbocycles. The van der Waals surface area contributed by atoms with E-state index in [2.05, 4.69) is 43.3 Å². The van der Waals surface area contributed by atoms with Crippen molar-refractivity contribution in [2.75, 3.05) is 78.8 Å². The van der Waals surface area contributed by atoms with Gasteiger partial charge in [0.15, 0.2) is 11.6 Å². The average Bonchev–Trinajstić information content (AvgIpc) is 3.35. The maximum absolute atomic E-state index is 12.0. The van der Waals surface area contributed by atoms with Gasteiger partial charge in [-0.2, -0.15) is 9.97 Å². The Kier molecular flexibility index (Phi) is 6.70. The van der Waals surface area contributed by atoms with Crippen LogP contribution in [0.5, 0.6) is 0 Å². The zero-order valence-electron chi connectivity index (χ0n) is 19.5. The third-order valence-corrected chi connectivity index (χ3v) is 6.29. The number of likely N-dealkylation sites (tertiary alicyclic amines) is 1. The largest absolute Gasteiger partial charge is 0.450 e. The van der Waals surface area contributed by atoms with Crippen LogP contribution >= 0.6 is 0 Å². The summed E-state index contributed by atoms with van der Waals surface area (Å²) in [6.07, 6.45) is 1.42. The van der Waals surface area contributed by atoms with E-state index in [1.54, 1.807) is 4.90 Å². The number of rotatable bonds is 6. The van der Waals surface area contributed by atoms with Crippen molar-refractivity contribution < 1.29 is 14.3 Å². The van der Waals surface area contributed by atoms with Crippen LogP contribution in [0.2, 0.25) is 0 Å². The van der Waals surface area contributed by atoms with Gasteiger partial charge in [0.1, 0.15) is 5.69 Å². The fourth-order valence-electron chi connectivity index (χ4n) is 4.45. The molecule has 0 atom stereocenters. The Morgan fingerprint density at radius 2 is 1.88 bits per heavy atom. The first kappa shape index (κ1) is 22.3. The zero-order valence-corrected chi connectivity index (χ0v) is 19.5. The SMILES string of the molecule is CCOC(=O)N1CCC(Nc2nc(Nc3ccc(N4CCOCC4)cc3)nc3c2NCN3)CC1. The molecule has 0 unspecified atom stereocenters. The van der Waals surface area contributed by atoms with Gasteiger partial charge >= 0.3 is 6.09 Å². The van der Waals surface area contributed by atoms with E-state index in [1.165, 1.54) is 5.69 Å². The number of carbonyl (C=O) groups is 1. The summed E-state index contributed by atoms with van der Waals surface area (Å²) in [5.74, 6) is 2.06. The number of nitrogens with zero attached hydrogens (tertiary/aromatic N) is 4. The number of amides is 1. The topological polar surface area (TPSA) is 116 Å². The van der Waals surface area contributed by atoms with Crippen molar-refractivity contribution in [3.8, 4) is 0 Å². The van der Waals surface area contributed by atoms with Crippen LogP contribution in [0.4, 0.5) is 39.4 Å². The first-order chi connectivity index (χ1) is 16.7. The minimum atomic E-state index is -0.235. The van der Waals surface area contributed by atoms with Crippen molar-refractivity contribution >= 4 is 40.7 Å². The molecule has 1 amide bonds. The normalized spacial score (nSPS) is 18.0. The van der Waals surface area contributed by atoms with Crippen LogP contribution in [0.1, 0.15) is 19.8 Å². The number of piperidine rings is 1. The molecular formula is C23H32N8O3. The van der Waals surface area contributed by atoms with E-state index >= 15 is 0 Å². The van der Waals surface area contributed by atoms with Crippen LogP contribution < -0.4 is 26.2 Å². The van der Waals surface area contributed by atoms with E-state index in [4.69, 9.17) is 14.5 Å². The van der Waals surface area contributed by atoms with Crippen molar-refractivity contribution in [1.82, 2.24) is 14.9 Å². The molecule has 0 spiro atoms. The van der Waals surface area contributed by atoms with E-state index in [9.17, 15) is 4.79 Å². The summed E-state index contributed by atoms with van der Waals surface area (Å²) in [7, 11) is 0. The Balaban J connectivity index is 1.25. The number of carbonyl (C=O) groups excluding carboxylic acids is 1. The van der Waals surface area contributed by atoms with E-state index in [1.807, 2.05) is 19.1 Å². The smallest absolute Gasteiger partial charge is 0.409 e. The van der Waals surface area contributed by atoms with Gasteiger partial charge < -0.3 is 40.5 Å². The van der Waals surface area contributed by atoms with Crippen LogP contribution in [0.25, 0.3) is 0 Å². The lowest BCUT2D eigenvalue weighted by molar-refractivity contribution is 0.0983. The van der Waals surface area contributed by atoms with Crippen LogP contribution in [0, 0.1) is 0 Å². The second kappa shape index (κ2) is 10.2. The van der Waals surface area contributed by atoms with Crippen LogP contribution in [0.15, 0.2) is 24.3 Å². The summed E-state index contributed by atoms with van der Waals surface area (Å²) in [5.41, 5.74) is 2.99. The van der Waals surface area contributed by atoms with Crippen molar-refractivity contribution in [3.05, 3.63) is 24.3 Å². The summed E-state index contributed by atoms with van der Waals surface area (Å²) >= 11 is 0. The number of ether oxygens (including phenoxy) is 2. The molecule has 0 saturated carbocycles. The number of nitrogens with one attached hydrogen (secondary N) is 4. The Morgan fingerprint density at radius 1 is 1.12 bits per heavy atom. The molecule has 0 aliphatic carbocycles. The van der Waals surface area contributed by atoms with Gasteiger partial charge in [-0.25, -0.2) is 4.79 Å². The van der Waals surface area contributed by atoms with Gasteiger partial charge in [-0.15, -0.1) is 0 Å². The summed E-state index contributed by atoms with van der Waals surface area (Å²) in [4.78, 5) is 25.5. The molecule has 3 aliphatic rings. The maximum Gasteiger partial charge on any atom is 0.409 e. The highest BCUT2D eigenvalue weighted by Crippen LogP contribution is 2.34. The molecule has 2 aromatic rings. The highest BCUT2D eigenvalue weighted by atomic mass is 16.6. The minimum Gasteiger partial charge on any atom is -0.450 e. The van der Waals surface area contributed by atoms with Crippen molar-refractivity contribution in [2.24, 2.45) is 0 Å². The minimum absolute atomic E-state index is 0.215. The molecule has 4 N–H and O–H groups in total. The molecule has 2 fully saturated rings. The molecule has 0 bridgehead atoms. The molecule has 11 heteroatoms. The molecule has 1 aromatic heterocycles. The number of hydrogen-bond acceptors (Lipinski definition) is 10. The van der Waals surface area contributed by atoms with Crippen molar-refractivity contribution in [3.63, 3.8) is 0 Å². The number of anilines is 6. The second-order valence-electron chi connectivity index (χ2n) is 8.53. The summed E-state index contributed by atoms with van der Waals surface area (Å²) in [6, 6.07) is 8.53. The molecule has 182 valence electrons. The maximum atomic E-state index is 12.0. The van der Waals surface area contributed by atoms with Crippen LogP contribution in [-0.4, -0.2) is 79.7 Å². The molecule has 5 rings (SSSR count). The standard InChI is InChI=1S/C23H32N8O3/c1-2-34-23(32)31-9-7-17(8-10-31)26-21-19-20(25-15-24-19)28-22(29-21)27-16-3-5-18(6-4-16)30-11-13-33-14-12-30/h3-6,17,24H,2,7-15H2,1H3,(H3,25,26,27,28,29). The Morgan fingerprint density at radius 3 is 2.62 bits per heavy atom. The quantitative estimate of drug-likeness (QED) is 0.504. The molecule has 4 heterocycles. The molecule has 2 saturated heterocycles. The lowest BCUT2D eigenvalue weighted by atomic mass is 10.1. The lowest BCUT2D eigenvalue weighted by Gasteiger charge is -2.32. The Bertz CT molecular complexity index is 988. The molecular weight excluding hydrogens is 436 g/mol. The zero-order chi connectivity index (χ0) is 23.3. The van der Waals surface area contributed by atoms with Crippen molar-refractivity contribution in [2.45, 2.75) is 25.8 Å². The predicted octanol–water partition coefficient (Wildman–Crippen LogP) is 2.88. The lowest BCUT2D eigenvalue weighted by Crippen LogP contribution is -2.42. The average molecular weight is 469 g/mol. The number of aromatic nitrogens is 2. The van der Waals surface area contributed by atoms with Crippen LogP contribution in [-0.2, 0) is 9.47 Å². The summed E-state index contributed by atoms with van der Waals surface area (Å²) in [5, 5.41) is 13.5. The first-order valence-corrected chi connectivity index (χ1v) is 12.0. The highest BCUT2D eigenvalue weighted by Gasteiger charge is 2.26. The van der Waals surface area contributed by atoms with Gasteiger partial charge in [-0.1, -0.05) is 0 Å². The van der Waals surface area contributed by atoms with E-state index in [0.29, 0.717) is 32.3 Å². The monoisotopic (exact) mass is 468 g/mol. The summed E-state index contributed by atoms with van der Waals surface area (Å²) < 4.78 is 10.6. The molecule has 0 radical (unpaired) electrons. The molecule has 11 nitrogen and oxygen atoms in total. The first-order valence-electron chi connectivity index (χ1n) is 12.0. The van der Waals surface area contributed by atoms with Crippen LogP contribution in [0.3, 0.4) is 0 Å². The number of hydrogen-bond donors (Lipinski definition) is 4. The Hall–Kier alpha value is -3.47. The fraction of sp³-hybridized carbons (Fsp3) is 0.522. The van der Waals surface area contributed by atoms with Crippen molar-refractivity contribution in [1.29, 1.82) is 0 Å². The Labute approximate surface area is 199 Å². The number of fused-ring (bicyclic) bond motifs is 1. The predicted molar refractivity (Wildman–Crippen MR) is 132 cm³/mol. The van der Waals surface area contributed by atoms with Gasteiger partial charge in [0.25, 0.3) is 0 Å². The summed E-state index contributed by atoms with van der Waals surface area (Å²) in [6.45, 7) is 7.51. The van der Waals surface area contributed by atoms with Gasteiger partial charge in [-0.05, 0) is 44.0 Å². The molecule has 3 aliphatic heterocycles. The highest BCUT2D eigenvalue weighted by molar-refractivity contribution is 5.82. The van der Waals surface area contributed by atoms with Gasteiger partial charge in [0.05, 0.1) is 26.5 Å². The van der Waals surface area contributed by atoms with Gasteiger partial charge in [-0.3, -0.25) is 0 Å². The second-order valence-corrected chi connectivity index (χ2v) is 8.53. The van der Waals surface area contributed by atoms with E-state index in [0.717, 1.165) is 62.2 Å². The van der Waals surface area contributed by atoms with E-state index in [-0.39, 0.29) is 12.1 Å². The third-order valence-electron chi connectivity index (χ3n) is 6.29. The third kappa shape index (κ3) is 5.04. The number of benzene rings is 1. The van der Waals surface area contributed by atoms with E-state index < -0.39 is 0 Å². The van der Waals surface area contributed by atoms with Gasteiger partial charge in [0.2, 0.25) is 5.95 Å². The fourth-order valence-corrected chi connectivity index (χ4v) is 4.45. The molecule has 34 heavy (non-hydrogen) atoms.